The van der Waals surface area contributed by atoms with E-state index in [9.17, 15) is 21.6 Å². The van der Waals surface area contributed by atoms with Crippen LogP contribution in [0.25, 0.3) is 0 Å². The predicted octanol–water partition coefficient (Wildman–Crippen LogP) is 4.07. The van der Waals surface area contributed by atoms with Crippen molar-refractivity contribution in [2.24, 2.45) is 0 Å². The Hall–Kier alpha value is -2.80. The Labute approximate surface area is 209 Å². The Bertz CT molecular complexity index is 1400. The van der Waals surface area contributed by atoms with Crippen LogP contribution in [0, 0.1) is 6.92 Å². The molecule has 1 aliphatic rings. The minimum atomic E-state index is -3.81. The number of aromatic nitrogens is 1. The van der Waals surface area contributed by atoms with Crippen molar-refractivity contribution in [1.82, 2.24) is 9.29 Å². The van der Waals surface area contributed by atoms with Gasteiger partial charge in [0.25, 0.3) is 15.9 Å². The lowest BCUT2D eigenvalue weighted by Gasteiger charge is -2.20. The van der Waals surface area contributed by atoms with Gasteiger partial charge in [0.2, 0.25) is 10.0 Å². The van der Waals surface area contributed by atoms with Crippen molar-refractivity contribution in [3.05, 3.63) is 65.2 Å². The molecule has 186 valence electrons. The minimum absolute atomic E-state index is 0.0208. The highest BCUT2D eigenvalue weighted by atomic mass is 32.2. The summed E-state index contributed by atoms with van der Waals surface area (Å²) in [5, 5.41) is 4.64. The third kappa shape index (κ3) is 5.89. The quantitative estimate of drug-likeness (QED) is 0.471. The highest BCUT2D eigenvalue weighted by molar-refractivity contribution is 7.93. The maximum atomic E-state index is 13.2. The lowest BCUT2D eigenvalue weighted by Crippen LogP contribution is -2.32. The van der Waals surface area contributed by atoms with E-state index in [2.05, 4.69) is 15.0 Å². The molecule has 1 saturated heterocycles. The average molecular weight is 535 g/mol. The number of amides is 1. The van der Waals surface area contributed by atoms with Crippen LogP contribution in [0.3, 0.4) is 0 Å². The molecule has 0 spiro atoms. The number of hydrogen-bond donors (Lipinski definition) is 2. The second-order valence-electron chi connectivity index (χ2n) is 8.22. The summed E-state index contributed by atoms with van der Waals surface area (Å²) < 4.78 is 55.2. The molecule has 0 aliphatic carbocycles. The van der Waals surface area contributed by atoms with Crippen LogP contribution < -0.4 is 10.0 Å². The molecule has 0 saturated carbocycles. The number of rotatable bonds is 7. The summed E-state index contributed by atoms with van der Waals surface area (Å²) >= 11 is 1.16. The van der Waals surface area contributed by atoms with E-state index < -0.39 is 26.0 Å². The molecule has 0 radical (unpaired) electrons. The van der Waals surface area contributed by atoms with Gasteiger partial charge in [-0.25, -0.2) is 21.8 Å². The Balaban J connectivity index is 1.51. The van der Waals surface area contributed by atoms with Gasteiger partial charge < -0.3 is 5.32 Å². The first kappa shape index (κ1) is 25.3. The molecule has 4 rings (SSSR count). The third-order valence-electron chi connectivity index (χ3n) is 5.73. The number of carbonyl (C=O) groups excluding carboxylic acids is 1. The van der Waals surface area contributed by atoms with Gasteiger partial charge in [-0.05, 0) is 61.7 Å². The van der Waals surface area contributed by atoms with Gasteiger partial charge >= 0.3 is 0 Å². The van der Waals surface area contributed by atoms with Gasteiger partial charge in [-0.2, -0.15) is 4.31 Å². The average Bonchev–Trinajstić information content (AvgIpc) is 3.16. The fourth-order valence-corrected chi connectivity index (χ4v) is 7.13. The number of hydrogen-bond acceptors (Lipinski definition) is 7. The zero-order valence-corrected chi connectivity index (χ0v) is 21.5. The summed E-state index contributed by atoms with van der Waals surface area (Å²) in [7, 11) is -7.51. The molecular formula is C23H26N4O5S3. The maximum Gasteiger partial charge on any atom is 0.263 e. The van der Waals surface area contributed by atoms with Gasteiger partial charge in [0.05, 0.1) is 9.79 Å². The molecule has 12 heteroatoms. The molecule has 1 fully saturated rings. The lowest BCUT2D eigenvalue weighted by atomic mass is 10.1. The molecule has 2 aromatic carbocycles. The van der Waals surface area contributed by atoms with E-state index in [1.54, 1.807) is 18.4 Å². The number of benzene rings is 2. The van der Waals surface area contributed by atoms with Gasteiger partial charge in [0, 0.05) is 35.9 Å². The molecule has 0 bridgehead atoms. The second-order valence-corrected chi connectivity index (χ2v) is 12.7. The first-order chi connectivity index (χ1) is 16.7. The van der Waals surface area contributed by atoms with Crippen LogP contribution in [0.15, 0.2) is 63.8 Å². The van der Waals surface area contributed by atoms with Crippen molar-refractivity contribution in [2.45, 2.75) is 42.4 Å². The summed E-state index contributed by atoms with van der Waals surface area (Å²) in [6, 6.07) is 10.3. The Kier molecular flexibility index (Phi) is 7.55. The van der Waals surface area contributed by atoms with Crippen molar-refractivity contribution in [3.8, 4) is 0 Å². The number of nitrogens with zero attached hydrogens (tertiary/aromatic N) is 2. The third-order valence-corrected chi connectivity index (χ3v) is 9.80. The molecule has 9 nitrogen and oxygen atoms in total. The van der Waals surface area contributed by atoms with Crippen LogP contribution in [0.1, 0.15) is 41.6 Å². The van der Waals surface area contributed by atoms with Crippen molar-refractivity contribution < 1.29 is 21.6 Å². The molecule has 1 amide bonds. The first-order valence-electron chi connectivity index (χ1n) is 11.1. The Morgan fingerprint density at radius 1 is 0.943 bits per heavy atom. The van der Waals surface area contributed by atoms with E-state index in [0.29, 0.717) is 24.3 Å². The summed E-state index contributed by atoms with van der Waals surface area (Å²) in [6.07, 6.45) is 5.16. The largest absolute Gasteiger partial charge is 0.322 e. The number of nitrogens with one attached hydrogen (secondary N) is 2. The van der Waals surface area contributed by atoms with E-state index in [1.165, 1.54) is 46.9 Å². The maximum absolute atomic E-state index is 13.2. The normalized spacial score (nSPS) is 15.3. The number of aryl methyl sites for hydroxylation is 1. The fraction of sp³-hybridized carbons (Fsp3) is 0.304. The number of sulfonamides is 2. The number of carbonyl (C=O) groups is 1. The van der Waals surface area contributed by atoms with E-state index >= 15 is 0 Å². The lowest BCUT2D eigenvalue weighted by molar-refractivity contribution is 0.102. The molecule has 2 N–H and O–H groups in total. The standard InChI is InChI=1S/C23H26N4O5S3/c1-17-6-9-20(35(31,32)27-13-4-2-3-5-14-27)16-21(17)22(28)25-18-7-10-19(11-8-18)34(29,30)26-23-24-12-15-33-23/h6-12,15-16H,2-5,13-14H2,1H3,(H,24,26)(H,25,28). The SMILES string of the molecule is Cc1ccc(S(=O)(=O)N2CCCCCC2)cc1C(=O)Nc1ccc(S(=O)(=O)Nc2nccs2)cc1. The highest BCUT2D eigenvalue weighted by Crippen LogP contribution is 2.24. The summed E-state index contributed by atoms with van der Waals surface area (Å²) in [6.45, 7) is 2.69. The number of thiazole rings is 1. The zero-order chi connectivity index (χ0) is 25.1. The predicted molar refractivity (Wildman–Crippen MR) is 136 cm³/mol. The molecular weight excluding hydrogens is 508 g/mol. The highest BCUT2D eigenvalue weighted by Gasteiger charge is 2.26. The first-order valence-corrected chi connectivity index (χ1v) is 14.9. The van der Waals surface area contributed by atoms with Gasteiger partial charge in [-0.3, -0.25) is 9.52 Å². The van der Waals surface area contributed by atoms with Crippen molar-refractivity contribution >= 4 is 48.1 Å². The van der Waals surface area contributed by atoms with Crippen LogP contribution in [-0.4, -0.2) is 45.1 Å². The summed E-state index contributed by atoms with van der Waals surface area (Å²) in [5.74, 6) is -0.480. The van der Waals surface area contributed by atoms with E-state index in [0.717, 1.165) is 37.0 Å². The molecule has 35 heavy (non-hydrogen) atoms. The topological polar surface area (TPSA) is 126 Å². The Morgan fingerprint density at radius 3 is 2.23 bits per heavy atom. The Morgan fingerprint density at radius 2 is 1.60 bits per heavy atom. The van der Waals surface area contributed by atoms with Gasteiger partial charge in [0.1, 0.15) is 0 Å². The van der Waals surface area contributed by atoms with Crippen LogP contribution in [0.2, 0.25) is 0 Å². The minimum Gasteiger partial charge on any atom is -0.322 e. The molecule has 2 heterocycles. The van der Waals surface area contributed by atoms with E-state index in [1.807, 2.05) is 0 Å². The fourth-order valence-electron chi connectivity index (χ4n) is 3.80. The van der Waals surface area contributed by atoms with Crippen LogP contribution >= 0.6 is 11.3 Å². The molecule has 0 atom stereocenters. The van der Waals surface area contributed by atoms with E-state index in [4.69, 9.17) is 0 Å². The van der Waals surface area contributed by atoms with Gasteiger partial charge in [-0.1, -0.05) is 18.9 Å². The molecule has 1 aromatic heterocycles. The molecule has 1 aliphatic heterocycles. The second kappa shape index (κ2) is 10.4. The van der Waals surface area contributed by atoms with E-state index in [-0.39, 0.29) is 20.5 Å². The van der Waals surface area contributed by atoms with Crippen LogP contribution in [0.4, 0.5) is 10.8 Å². The number of anilines is 2. The van der Waals surface area contributed by atoms with Crippen LogP contribution in [-0.2, 0) is 20.0 Å². The summed E-state index contributed by atoms with van der Waals surface area (Å²) in [5.41, 5.74) is 1.25. The zero-order valence-electron chi connectivity index (χ0n) is 19.1. The smallest absolute Gasteiger partial charge is 0.263 e. The monoisotopic (exact) mass is 534 g/mol. The molecule has 0 unspecified atom stereocenters. The van der Waals surface area contributed by atoms with Crippen molar-refractivity contribution in [2.75, 3.05) is 23.1 Å². The van der Waals surface area contributed by atoms with Gasteiger partial charge in [-0.15, -0.1) is 11.3 Å². The summed E-state index contributed by atoms with van der Waals surface area (Å²) in [4.78, 5) is 17.0. The molecule has 3 aromatic rings. The van der Waals surface area contributed by atoms with Crippen molar-refractivity contribution in [3.63, 3.8) is 0 Å². The van der Waals surface area contributed by atoms with Gasteiger partial charge in [0.15, 0.2) is 5.13 Å². The van der Waals surface area contributed by atoms with Crippen molar-refractivity contribution in [1.29, 1.82) is 0 Å². The van der Waals surface area contributed by atoms with Crippen LogP contribution in [0.5, 0.6) is 0 Å².